The van der Waals surface area contributed by atoms with Gasteiger partial charge >= 0.3 is 5.97 Å². The molecule has 0 aromatic carbocycles. The van der Waals surface area contributed by atoms with Crippen molar-refractivity contribution >= 4 is 5.97 Å². The number of aliphatic carboxylic acids is 1. The summed E-state index contributed by atoms with van der Waals surface area (Å²) in [7, 11) is 0. The molecule has 26 heavy (non-hydrogen) atoms. The molecule has 1 heterocycles. The average Bonchev–Trinajstić information content (AvgIpc) is 3.07. The van der Waals surface area contributed by atoms with E-state index < -0.39 is 23.2 Å². The lowest BCUT2D eigenvalue weighted by molar-refractivity contribution is -0.161. The van der Waals surface area contributed by atoms with E-state index in [9.17, 15) is 19.4 Å². The van der Waals surface area contributed by atoms with Crippen molar-refractivity contribution in [2.75, 3.05) is 6.61 Å². The number of carboxylic acid groups (broad SMARTS) is 1. The molecule has 3 atom stereocenters. The maximum Gasteiger partial charge on any atom is 0.312 e. The molecule has 148 valence electrons. The zero-order valence-corrected chi connectivity index (χ0v) is 16.0. The van der Waals surface area contributed by atoms with Crippen LogP contribution >= 0.6 is 0 Å². The lowest BCUT2D eigenvalue weighted by atomic mass is 9.66. The Balaban J connectivity index is 2.20. The zero-order valence-electron chi connectivity index (χ0n) is 16.0. The van der Waals surface area contributed by atoms with E-state index in [1.54, 1.807) is 0 Å². The molecule has 0 spiro atoms. The molecule has 2 N–H and O–H groups in total. The van der Waals surface area contributed by atoms with Crippen LogP contribution in [0, 0.1) is 11.3 Å². The predicted molar refractivity (Wildman–Crippen MR) is 99.5 cm³/mol. The SMILES string of the molecule is CCCCC(C)(F)/C=C\[C@@H](O)[C@@](CCC1=CCO1)(C(=O)O)C1CCCC1. The van der Waals surface area contributed by atoms with Crippen LogP contribution in [-0.2, 0) is 9.53 Å². The van der Waals surface area contributed by atoms with E-state index in [2.05, 4.69) is 0 Å². The second-order valence-electron chi connectivity index (χ2n) is 7.99. The molecule has 0 amide bonds. The van der Waals surface area contributed by atoms with Crippen LogP contribution in [0.1, 0.15) is 71.6 Å². The van der Waals surface area contributed by atoms with E-state index in [0.717, 1.165) is 44.3 Å². The number of allylic oxidation sites excluding steroid dienone is 2. The number of hydrogen-bond donors (Lipinski definition) is 2. The number of carboxylic acids is 1. The highest BCUT2D eigenvalue weighted by atomic mass is 19.1. The van der Waals surface area contributed by atoms with Gasteiger partial charge in [0.2, 0.25) is 0 Å². The summed E-state index contributed by atoms with van der Waals surface area (Å²) >= 11 is 0. The number of unbranched alkanes of at least 4 members (excludes halogenated alkanes) is 1. The third-order valence-corrected chi connectivity index (χ3v) is 6.02. The van der Waals surface area contributed by atoms with Crippen molar-refractivity contribution in [2.45, 2.75) is 83.4 Å². The minimum Gasteiger partial charge on any atom is -0.494 e. The Bertz CT molecular complexity index is 534. The van der Waals surface area contributed by atoms with Gasteiger partial charge in [0.05, 0.1) is 11.9 Å². The van der Waals surface area contributed by atoms with E-state index in [-0.39, 0.29) is 5.92 Å². The molecule has 1 aliphatic heterocycles. The minimum absolute atomic E-state index is 0.0955. The van der Waals surface area contributed by atoms with Crippen LogP contribution in [-0.4, -0.2) is 34.6 Å². The number of rotatable bonds is 11. The Morgan fingerprint density at radius 1 is 1.42 bits per heavy atom. The zero-order chi connectivity index (χ0) is 19.2. The normalized spacial score (nSPS) is 23.6. The molecule has 5 heteroatoms. The largest absolute Gasteiger partial charge is 0.494 e. The number of carbonyl (C=O) groups is 1. The highest BCUT2D eigenvalue weighted by molar-refractivity contribution is 5.76. The number of ether oxygens (including phenoxy) is 1. The summed E-state index contributed by atoms with van der Waals surface area (Å²) in [6.07, 6.45) is 9.84. The maximum absolute atomic E-state index is 14.6. The number of aliphatic hydroxyl groups is 1. The van der Waals surface area contributed by atoms with Crippen LogP contribution in [0.3, 0.4) is 0 Å². The van der Waals surface area contributed by atoms with Gasteiger partial charge in [-0.05, 0) is 50.7 Å². The molecule has 1 aliphatic carbocycles. The van der Waals surface area contributed by atoms with E-state index in [0.29, 0.717) is 25.9 Å². The summed E-state index contributed by atoms with van der Waals surface area (Å²) < 4.78 is 19.9. The van der Waals surface area contributed by atoms with Crippen LogP contribution in [0.2, 0.25) is 0 Å². The third-order valence-electron chi connectivity index (χ3n) is 6.02. The van der Waals surface area contributed by atoms with Gasteiger partial charge in [-0.1, -0.05) is 38.7 Å². The van der Waals surface area contributed by atoms with Crippen molar-refractivity contribution in [3.05, 3.63) is 24.0 Å². The van der Waals surface area contributed by atoms with Gasteiger partial charge in [0.15, 0.2) is 0 Å². The van der Waals surface area contributed by atoms with Gasteiger partial charge in [0, 0.05) is 6.42 Å². The van der Waals surface area contributed by atoms with Crippen molar-refractivity contribution in [1.29, 1.82) is 0 Å². The van der Waals surface area contributed by atoms with Gasteiger partial charge < -0.3 is 14.9 Å². The highest BCUT2D eigenvalue weighted by Crippen LogP contribution is 2.47. The van der Waals surface area contributed by atoms with Crippen molar-refractivity contribution in [1.82, 2.24) is 0 Å². The van der Waals surface area contributed by atoms with Gasteiger partial charge in [-0.15, -0.1) is 0 Å². The van der Waals surface area contributed by atoms with E-state index >= 15 is 0 Å². The summed E-state index contributed by atoms with van der Waals surface area (Å²) in [5.74, 6) is -0.291. The monoisotopic (exact) mass is 368 g/mol. The molecule has 0 aromatic heterocycles. The number of hydrogen-bond acceptors (Lipinski definition) is 3. The molecule has 2 aliphatic rings. The van der Waals surface area contributed by atoms with Crippen molar-refractivity contribution in [2.24, 2.45) is 11.3 Å². The first kappa shape index (κ1) is 20.9. The molecule has 1 saturated carbocycles. The van der Waals surface area contributed by atoms with Gasteiger partial charge in [-0.2, -0.15) is 0 Å². The Hall–Kier alpha value is -1.36. The first-order valence-electron chi connectivity index (χ1n) is 9.93. The quantitative estimate of drug-likeness (QED) is 0.515. The second kappa shape index (κ2) is 9.03. The van der Waals surface area contributed by atoms with Crippen molar-refractivity contribution < 1.29 is 24.1 Å². The van der Waals surface area contributed by atoms with Crippen molar-refractivity contribution in [3.8, 4) is 0 Å². The first-order chi connectivity index (χ1) is 12.3. The van der Waals surface area contributed by atoms with Crippen molar-refractivity contribution in [3.63, 3.8) is 0 Å². The summed E-state index contributed by atoms with van der Waals surface area (Å²) in [4.78, 5) is 12.3. The maximum atomic E-state index is 14.6. The van der Waals surface area contributed by atoms with E-state index in [1.165, 1.54) is 19.1 Å². The highest BCUT2D eigenvalue weighted by Gasteiger charge is 2.51. The molecule has 1 fully saturated rings. The molecule has 2 rings (SSSR count). The number of alkyl halides is 1. The van der Waals surface area contributed by atoms with Crippen LogP contribution in [0.15, 0.2) is 24.0 Å². The summed E-state index contributed by atoms with van der Waals surface area (Å²) in [5.41, 5.74) is -2.82. The van der Waals surface area contributed by atoms with Crippen LogP contribution in [0.25, 0.3) is 0 Å². The Kier molecular flexibility index (Phi) is 7.27. The molecular weight excluding hydrogens is 335 g/mol. The topological polar surface area (TPSA) is 66.8 Å². The molecule has 4 nitrogen and oxygen atoms in total. The molecular formula is C21H33FO4. The summed E-state index contributed by atoms with van der Waals surface area (Å²) in [6.45, 7) is 4.05. The van der Waals surface area contributed by atoms with Gasteiger partial charge in [0.25, 0.3) is 0 Å². The minimum atomic E-state index is -1.53. The van der Waals surface area contributed by atoms with E-state index in [4.69, 9.17) is 4.74 Å². The van der Waals surface area contributed by atoms with Gasteiger partial charge in [0.1, 0.15) is 17.7 Å². The van der Waals surface area contributed by atoms with Crippen LogP contribution in [0.4, 0.5) is 4.39 Å². The third kappa shape index (κ3) is 4.87. The molecule has 0 aromatic rings. The number of halogens is 1. The first-order valence-corrected chi connectivity index (χ1v) is 9.93. The molecule has 1 unspecified atom stereocenters. The smallest absolute Gasteiger partial charge is 0.312 e. The lowest BCUT2D eigenvalue weighted by Gasteiger charge is -2.39. The fourth-order valence-corrected chi connectivity index (χ4v) is 4.22. The second-order valence-corrected chi connectivity index (χ2v) is 7.99. The van der Waals surface area contributed by atoms with Crippen LogP contribution < -0.4 is 0 Å². The van der Waals surface area contributed by atoms with Gasteiger partial charge in [-0.3, -0.25) is 4.79 Å². The lowest BCUT2D eigenvalue weighted by Crippen LogP contribution is -2.47. The average molecular weight is 368 g/mol. The standard InChI is InChI=1S/C21H33FO4/c1-3-4-12-20(2,22)13-10-18(23)21(19(24)25,16-7-5-6-8-16)14-9-17-11-15-26-17/h10-11,13,16,18,23H,3-9,12,14-15H2,1-2H3,(H,24,25)/b13-10-/t18-,20?,21+/m1/s1. The molecule has 0 saturated heterocycles. The fraction of sp³-hybridized carbons (Fsp3) is 0.762. The van der Waals surface area contributed by atoms with Gasteiger partial charge in [-0.25, -0.2) is 4.39 Å². The Morgan fingerprint density at radius 3 is 2.58 bits per heavy atom. The fourth-order valence-electron chi connectivity index (χ4n) is 4.22. The van der Waals surface area contributed by atoms with Crippen LogP contribution in [0.5, 0.6) is 0 Å². The van der Waals surface area contributed by atoms with E-state index in [1.807, 2.05) is 13.0 Å². The predicted octanol–water partition coefficient (Wildman–Crippen LogP) is 4.78. The summed E-state index contributed by atoms with van der Waals surface area (Å²) in [6, 6.07) is 0. The Morgan fingerprint density at radius 2 is 2.08 bits per heavy atom. The molecule has 0 radical (unpaired) electrons. The number of aliphatic hydroxyl groups excluding tert-OH is 1. The molecule has 0 bridgehead atoms. The Labute approximate surface area is 156 Å². The summed E-state index contributed by atoms with van der Waals surface area (Å²) in [5, 5.41) is 21.0.